The van der Waals surface area contributed by atoms with Crippen molar-refractivity contribution in [3.8, 4) is 0 Å². The van der Waals surface area contributed by atoms with Crippen molar-refractivity contribution in [3.63, 3.8) is 0 Å². The van der Waals surface area contributed by atoms with Crippen molar-refractivity contribution in [3.05, 3.63) is 34.3 Å². The van der Waals surface area contributed by atoms with Crippen LogP contribution in [-0.4, -0.2) is 17.5 Å². The Morgan fingerprint density at radius 1 is 1.40 bits per heavy atom. The first-order valence-electron chi connectivity index (χ1n) is 5.53. The molecule has 1 aliphatic heterocycles. The van der Waals surface area contributed by atoms with Gasteiger partial charge in [-0.1, -0.05) is 17.7 Å². The van der Waals surface area contributed by atoms with Crippen LogP contribution in [-0.2, 0) is 6.54 Å². The van der Waals surface area contributed by atoms with Gasteiger partial charge < -0.3 is 5.73 Å². The molecule has 1 aromatic rings. The Bertz CT molecular complexity index is 387. The Morgan fingerprint density at radius 2 is 2.20 bits per heavy atom. The van der Waals surface area contributed by atoms with Gasteiger partial charge in [0.25, 0.3) is 0 Å². The minimum absolute atomic E-state index is 0.395. The third-order valence-corrected chi connectivity index (χ3v) is 3.69. The van der Waals surface area contributed by atoms with Gasteiger partial charge in [0.2, 0.25) is 0 Å². The highest BCUT2D eigenvalue weighted by Gasteiger charge is 2.38. The highest BCUT2D eigenvalue weighted by Crippen LogP contribution is 2.41. The van der Waals surface area contributed by atoms with Gasteiger partial charge in [-0.05, 0) is 36.1 Å². The zero-order chi connectivity index (χ0) is 10.4. The van der Waals surface area contributed by atoms with E-state index in [0.29, 0.717) is 12.6 Å². The standard InChI is InChI=1S/C12H15ClN2/c13-9-2-1-8-7-15(10-3-4-10)12(6-14)11(8)5-9/h1-2,5,10,12H,3-4,6-7,14H2. The minimum atomic E-state index is 0.395. The van der Waals surface area contributed by atoms with Crippen LogP contribution < -0.4 is 5.73 Å². The van der Waals surface area contributed by atoms with E-state index >= 15 is 0 Å². The van der Waals surface area contributed by atoms with Gasteiger partial charge in [0.05, 0.1) is 0 Å². The molecule has 3 heteroatoms. The summed E-state index contributed by atoms with van der Waals surface area (Å²) in [7, 11) is 0. The highest BCUT2D eigenvalue weighted by atomic mass is 35.5. The summed E-state index contributed by atoms with van der Waals surface area (Å²) in [5, 5.41) is 0.824. The van der Waals surface area contributed by atoms with Gasteiger partial charge in [0.15, 0.2) is 0 Å². The topological polar surface area (TPSA) is 29.3 Å². The average molecular weight is 223 g/mol. The minimum Gasteiger partial charge on any atom is -0.329 e. The van der Waals surface area contributed by atoms with E-state index in [4.69, 9.17) is 17.3 Å². The van der Waals surface area contributed by atoms with Crippen LogP contribution in [0, 0.1) is 0 Å². The van der Waals surface area contributed by atoms with E-state index in [9.17, 15) is 0 Å². The van der Waals surface area contributed by atoms with Crippen molar-refractivity contribution in [2.45, 2.75) is 31.5 Å². The molecule has 0 aromatic heterocycles. The summed E-state index contributed by atoms with van der Waals surface area (Å²) < 4.78 is 0. The second-order valence-electron chi connectivity index (χ2n) is 4.50. The largest absolute Gasteiger partial charge is 0.329 e. The molecule has 1 aromatic carbocycles. The first-order valence-corrected chi connectivity index (χ1v) is 5.91. The number of halogens is 1. The first-order chi connectivity index (χ1) is 7.29. The molecule has 1 unspecified atom stereocenters. The zero-order valence-corrected chi connectivity index (χ0v) is 9.37. The van der Waals surface area contributed by atoms with Gasteiger partial charge in [-0.3, -0.25) is 4.90 Å². The van der Waals surface area contributed by atoms with E-state index < -0.39 is 0 Å². The molecule has 1 fully saturated rings. The van der Waals surface area contributed by atoms with E-state index in [-0.39, 0.29) is 0 Å². The molecular formula is C12H15ClN2. The molecule has 15 heavy (non-hydrogen) atoms. The predicted molar refractivity (Wildman–Crippen MR) is 61.8 cm³/mol. The molecule has 3 rings (SSSR count). The van der Waals surface area contributed by atoms with Gasteiger partial charge in [-0.25, -0.2) is 0 Å². The summed E-state index contributed by atoms with van der Waals surface area (Å²) in [6.07, 6.45) is 2.66. The smallest absolute Gasteiger partial charge is 0.0480 e. The molecule has 0 amide bonds. The molecule has 1 saturated carbocycles. The Kier molecular flexibility index (Phi) is 2.23. The van der Waals surface area contributed by atoms with E-state index in [1.54, 1.807) is 0 Å². The molecule has 2 N–H and O–H groups in total. The zero-order valence-electron chi connectivity index (χ0n) is 8.62. The fourth-order valence-electron chi connectivity index (χ4n) is 2.56. The van der Waals surface area contributed by atoms with Gasteiger partial charge in [0, 0.05) is 30.2 Å². The van der Waals surface area contributed by atoms with E-state index in [1.165, 1.54) is 24.0 Å². The van der Waals surface area contributed by atoms with Crippen LogP contribution in [0.15, 0.2) is 18.2 Å². The summed E-state index contributed by atoms with van der Waals surface area (Å²) in [6.45, 7) is 1.75. The van der Waals surface area contributed by atoms with Crippen molar-refractivity contribution in [2.24, 2.45) is 5.73 Å². The highest BCUT2D eigenvalue weighted by molar-refractivity contribution is 6.30. The van der Waals surface area contributed by atoms with E-state index in [2.05, 4.69) is 17.0 Å². The van der Waals surface area contributed by atoms with Gasteiger partial charge in [0.1, 0.15) is 0 Å². The number of fused-ring (bicyclic) bond motifs is 1. The summed E-state index contributed by atoms with van der Waals surface area (Å²) in [4.78, 5) is 2.53. The Labute approximate surface area is 95.0 Å². The van der Waals surface area contributed by atoms with Gasteiger partial charge in [-0.15, -0.1) is 0 Å². The number of nitrogens with two attached hydrogens (primary N) is 1. The first kappa shape index (κ1) is 9.64. The van der Waals surface area contributed by atoms with Crippen molar-refractivity contribution < 1.29 is 0 Å². The molecule has 0 saturated heterocycles. The molecule has 0 spiro atoms. The molecule has 0 bridgehead atoms. The van der Waals surface area contributed by atoms with Crippen LogP contribution in [0.4, 0.5) is 0 Å². The van der Waals surface area contributed by atoms with Crippen LogP contribution in [0.5, 0.6) is 0 Å². The van der Waals surface area contributed by atoms with Gasteiger partial charge >= 0.3 is 0 Å². The molecule has 1 atom stereocenters. The lowest BCUT2D eigenvalue weighted by molar-refractivity contribution is 0.209. The van der Waals surface area contributed by atoms with Crippen molar-refractivity contribution in [2.75, 3.05) is 6.54 Å². The molecule has 80 valence electrons. The summed E-state index contributed by atoms with van der Waals surface area (Å²) in [6, 6.07) is 7.36. The lowest BCUT2D eigenvalue weighted by Gasteiger charge is -2.23. The summed E-state index contributed by atoms with van der Waals surface area (Å²) in [5.41, 5.74) is 8.62. The number of rotatable bonds is 2. The molecule has 2 nitrogen and oxygen atoms in total. The number of benzene rings is 1. The number of nitrogens with zero attached hydrogens (tertiary/aromatic N) is 1. The maximum absolute atomic E-state index is 6.03. The SMILES string of the molecule is NCC1c2cc(Cl)ccc2CN1C1CC1. The maximum Gasteiger partial charge on any atom is 0.0480 e. The van der Waals surface area contributed by atoms with Crippen LogP contribution >= 0.6 is 11.6 Å². The Balaban J connectivity index is 1.97. The van der Waals surface area contributed by atoms with E-state index in [1.807, 2.05) is 6.07 Å². The lowest BCUT2D eigenvalue weighted by Crippen LogP contribution is -2.29. The number of hydrogen-bond acceptors (Lipinski definition) is 2. The third kappa shape index (κ3) is 1.57. The second-order valence-corrected chi connectivity index (χ2v) is 4.93. The third-order valence-electron chi connectivity index (χ3n) is 3.46. The molecule has 1 aliphatic carbocycles. The average Bonchev–Trinajstić information content (AvgIpc) is 3.00. The van der Waals surface area contributed by atoms with Crippen molar-refractivity contribution in [1.29, 1.82) is 0 Å². The molecule has 1 heterocycles. The normalized spacial score (nSPS) is 25.6. The fraction of sp³-hybridized carbons (Fsp3) is 0.500. The van der Waals surface area contributed by atoms with Crippen molar-refractivity contribution in [1.82, 2.24) is 4.90 Å². The molecular weight excluding hydrogens is 208 g/mol. The van der Waals surface area contributed by atoms with E-state index in [0.717, 1.165) is 17.6 Å². The van der Waals surface area contributed by atoms with Crippen LogP contribution in [0.1, 0.15) is 30.0 Å². The van der Waals surface area contributed by atoms with Crippen LogP contribution in [0.25, 0.3) is 0 Å². The molecule has 0 radical (unpaired) electrons. The Hall–Kier alpha value is -0.570. The lowest BCUT2D eigenvalue weighted by atomic mass is 10.1. The Morgan fingerprint density at radius 3 is 2.87 bits per heavy atom. The molecule has 2 aliphatic rings. The van der Waals surface area contributed by atoms with Crippen LogP contribution in [0.3, 0.4) is 0 Å². The van der Waals surface area contributed by atoms with Gasteiger partial charge in [-0.2, -0.15) is 0 Å². The summed E-state index contributed by atoms with van der Waals surface area (Å²) in [5.74, 6) is 0. The second kappa shape index (κ2) is 3.48. The fourth-order valence-corrected chi connectivity index (χ4v) is 2.74. The maximum atomic E-state index is 6.03. The predicted octanol–water partition coefficient (Wildman–Crippen LogP) is 2.32. The number of hydrogen-bond donors (Lipinski definition) is 1. The monoisotopic (exact) mass is 222 g/mol. The van der Waals surface area contributed by atoms with Crippen LogP contribution in [0.2, 0.25) is 5.02 Å². The summed E-state index contributed by atoms with van der Waals surface area (Å²) >= 11 is 6.03. The van der Waals surface area contributed by atoms with Crippen molar-refractivity contribution >= 4 is 11.6 Å². The quantitative estimate of drug-likeness (QED) is 0.832.